The lowest BCUT2D eigenvalue weighted by atomic mass is 9.94. The number of fused-ring (bicyclic) bond motifs is 1. The van der Waals surface area contributed by atoms with Crippen molar-refractivity contribution >= 4 is 53.3 Å². The number of anilines is 1. The Bertz CT molecular complexity index is 609. The summed E-state index contributed by atoms with van der Waals surface area (Å²) in [6.45, 7) is 4.42. The molecule has 0 aromatic heterocycles. The summed E-state index contributed by atoms with van der Waals surface area (Å²) in [5, 5.41) is 5.77. The molecule has 0 aliphatic carbocycles. The van der Waals surface area contributed by atoms with Crippen LogP contribution in [-0.4, -0.2) is 29.1 Å². The predicted octanol–water partition coefficient (Wildman–Crippen LogP) is 3.20. The third kappa shape index (κ3) is 5.28. The van der Waals surface area contributed by atoms with Crippen LogP contribution in [0.5, 0.6) is 0 Å². The Balaban J connectivity index is 0.00000288. The summed E-state index contributed by atoms with van der Waals surface area (Å²) in [5.74, 6) is -0.336. The summed E-state index contributed by atoms with van der Waals surface area (Å²) in [6.07, 6.45) is 1.70. The summed E-state index contributed by atoms with van der Waals surface area (Å²) < 4.78 is 0. The third-order valence-electron chi connectivity index (χ3n) is 4.18. The average molecular weight is 392 g/mol. The minimum absolute atomic E-state index is 0. The summed E-state index contributed by atoms with van der Waals surface area (Å²) >= 11 is 7.30. The van der Waals surface area contributed by atoms with Crippen LogP contribution in [0.25, 0.3) is 0 Å². The first-order valence-electron chi connectivity index (χ1n) is 7.69. The van der Waals surface area contributed by atoms with Crippen LogP contribution < -0.4 is 16.4 Å². The number of carbonyl (C=O) groups excluding carboxylic acids is 2. The van der Waals surface area contributed by atoms with E-state index in [9.17, 15) is 9.59 Å². The maximum atomic E-state index is 12.1. The van der Waals surface area contributed by atoms with E-state index in [-0.39, 0.29) is 36.2 Å². The first kappa shape index (κ1) is 21.1. The van der Waals surface area contributed by atoms with Gasteiger partial charge in [0, 0.05) is 28.4 Å². The second-order valence-corrected chi connectivity index (χ2v) is 7.47. The molecule has 8 heteroatoms. The molecule has 1 aliphatic rings. The maximum Gasteiger partial charge on any atom is 0.238 e. The number of hydrogen-bond donors (Lipinski definition) is 3. The van der Waals surface area contributed by atoms with Gasteiger partial charge in [0.15, 0.2) is 0 Å². The molecule has 0 fully saturated rings. The van der Waals surface area contributed by atoms with Crippen LogP contribution in [0.1, 0.15) is 33.1 Å². The zero-order valence-corrected chi connectivity index (χ0v) is 16.1. The van der Waals surface area contributed by atoms with Crippen molar-refractivity contribution in [2.45, 2.75) is 48.8 Å². The average Bonchev–Trinajstić information content (AvgIpc) is 2.53. The van der Waals surface area contributed by atoms with E-state index in [0.717, 1.165) is 17.7 Å². The van der Waals surface area contributed by atoms with Gasteiger partial charge in [-0.25, -0.2) is 0 Å². The molecule has 1 aromatic carbocycles. The van der Waals surface area contributed by atoms with Crippen LogP contribution in [0.4, 0.5) is 5.69 Å². The Morgan fingerprint density at radius 3 is 2.71 bits per heavy atom. The summed E-state index contributed by atoms with van der Waals surface area (Å²) in [7, 11) is 0. The molecule has 2 rings (SSSR count). The topological polar surface area (TPSA) is 84.2 Å². The van der Waals surface area contributed by atoms with Gasteiger partial charge >= 0.3 is 0 Å². The van der Waals surface area contributed by atoms with Crippen LogP contribution in [0.15, 0.2) is 23.1 Å². The van der Waals surface area contributed by atoms with Gasteiger partial charge < -0.3 is 16.4 Å². The lowest BCUT2D eigenvalue weighted by molar-refractivity contribution is -0.124. The maximum absolute atomic E-state index is 12.1. The Morgan fingerprint density at radius 1 is 1.42 bits per heavy atom. The quantitative estimate of drug-likeness (QED) is 0.694. The molecule has 1 atom stereocenters. The highest BCUT2D eigenvalue weighted by atomic mass is 35.5. The van der Waals surface area contributed by atoms with Gasteiger partial charge in [-0.1, -0.05) is 25.4 Å². The number of nitrogens with two attached hydrogens (primary N) is 1. The van der Waals surface area contributed by atoms with E-state index in [1.165, 1.54) is 11.8 Å². The zero-order chi connectivity index (χ0) is 17.0. The molecule has 1 unspecified atom stereocenters. The van der Waals surface area contributed by atoms with Gasteiger partial charge in [-0.3, -0.25) is 9.59 Å². The fourth-order valence-corrected chi connectivity index (χ4v) is 3.54. The number of carbonyl (C=O) groups is 2. The fraction of sp³-hybridized carbons (Fsp3) is 0.500. The van der Waals surface area contributed by atoms with E-state index in [2.05, 4.69) is 10.6 Å². The van der Waals surface area contributed by atoms with Crippen LogP contribution in [-0.2, 0) is 9.59 Å². The molecule has 5 nitrogen and oxygen atoms in total. The van der Waals surface area contributed by atoms with Gasteiger partial charge in [0.05, 0.1) is 10.9 Å². The molecule has 0 spiro atoms. The standard InChI is InChI=1S/C16H22ClN3O2S.ClH/c1-3-16(18,4-2)9-19-14(21)8-13-15(22)20-11-7-10(17)5-6-12(11)23-13;/h5-7,13H,3-4,8-9,18H2,1-2H3,(H,19,21)(H,20,22);1H. The predicted molar refractivity (Wildman–Crippen MR) is 102 cm³/mol. The summed E-state index contributed by atoms with van der Waals surface area (Å²) in [4.78, 5) is 25.2. The van der Waals surface area contributed by atoms with Crippen LogP contribution >= 0.6 is 35.8 Å². The number of halogens is 2. The number of hydrogen-bond acceptors (Lipinski definition) is 4. The molecule has 24 heavy (non-hydrogen) atoms. The molecule has 1 aromatic rings. The van der Waals surface area contributed by atoms with Crippen molar-refractivity contribution in [3.8, 4) is 0 Å². The third-order valence-corrected chi connectivity index (χ3v) is 5.69. The number of benzene rings is 1. The van der Waals surface area contributed by atoms with Gasteiger partial charge in [-0.15, -0.1) is 24.2 Å². The van der Waals surface area contributed by atoms with Gasteiger partial charge in [0.25, 0.3) is 0 Å². The van der Waals surface area contributed by atoms with Gasteiger partial charge in [-0.2, -0.15) is 0 Å². The van der Waals surface area contributed by atoms with E-state index in [1.807, 2.05) is 19.9 Å². The first-order valence-corrected chi connectivity index (χ1v) is 8.95. The lowest BCUT2D eigenvalue weighted by Crippen LogP contribution is -2.49. The Morgan fingerprint density at radius 2 is 2.08 bits per heavy atom. The second kappa shape index (κ2) is 8.94. The normalized spacial score (nSPS) is 16.7. The van der Waals surface area contributed by atoms with Gasteiger partial charge in [0.2, 0.25) is 11.8 Å². The minimum atomic E-state index is -0.445. The van der Waals surface area contributed by atoms with Crippen LogP contribution in [0, 0.1) is 0 Å². The molecule has 0 saturated carbocycles. The van der Waals surface area contributed by atoms with Crippen molar-refractivity contribution in [3.63, 3.8) is 0 Å². The first-order chi connectivity index (χ1) is 10.9. The SMILES string of the molecule is CCC(N)(CC)CNC(=O)CC1Sc2ccc(Cl)cc2NC1=O.Cl. The number of thioether (sulfide) groups is 1. The van der Waals surface area contributed by atoms with E-state index in [4.69, 9.17) is 17.3 Å². The zero-order valence-electron chi connectivity index (χ0n) is 13.7. The fourth-order valence-electron chi connectivity index (χ4n) is 2.27. The van der Waals surface area contributed by atoms with Crippen molar-refractivity contribution in [2.75, 3.05) is 11.9 Å². The molecular weight excluding hydrogens is 369 g/mol. The van der Waals surface area contributed by atoms with Crippen LogP contribution in [0.3, 0.4) is 0 Å². The molecule has 134 valence electrons. The van der Waals surface area contributed by atoms with Gasteiger partial charge in [-0.05, 0) is 31.0 Å². The molecule has 2 amide bonds. The molecular formula is C16H23Cl2N3O2S. The minimum Gasteiger partial charge on any atom is -0.354 e. The monoisotopic (exact) mass is 391 g/mol. The highest BCUT2D eigenvalue weighted by molar-refractivity contribution is 8.01. The smallest absolute Gasteiger partial charge is 0.238 e. The molecule has 0 saturated heterocycles. The van der Waals surface area contributed by atoms with Crippen LogP contribution in [0.2, 0.25) is 5.02 Å². The van der Waals surface area contributed by atoms with Crippen molar-refractivity contribution < 1.29 is 9.59 Å². The molecule has 1 aliphatic heterocycles. The number of rotatable bonds is 6. The van der Waals surface area contributed by atoms with E-state index >= 15 is 0 Å². The molecule has 4 N–H and O–H groups in total. The lowest BCUT2D eigenvalue weighted by Gasteiger charge is -2.28. The highest BCUT2D eigenvalue weighted by Gasteiger charge is 2.30. The summed E-state index contributed by atoms with van der Waals surface area (Å²) in [5.41, 5.74) is 6.48. The van der Waals surface area contributed by atoms with Gasteiger partial charge in [0.1, 0.15) is 0 Å². The van der Waals surface area contributed by atoms with Crippen molar-refractivity contribution in [1.29, 1.82) is 0 Å². The second-order valence-electron chi connectivity index (χ2n) is 5.79. The van der Waals surface area contributed by atoms with E-state index < -0.39 is 5.25 Å². The Kier molecular flexibility index (Phi) is 7.86. The number of amides is 2. The van der Waals surface area contributed by atoms with Crippen molar-refractivity contribution in [1.82, 2.24) is 5.32 Å². The molecule has 1 heterocycles. The van der Waals surface area contributed by atoms with E-state index in [0.29, 0.717) is 17.3 Å². The molecule has 0 bridgehead atoms. The molecule has 0 radical (unpaired) electrons. The Hall–Kier alpha value is -0.950. The van der Waals surface area contributed by atoms with Crippen molar-refractivity contribution in [2.24, 2.45) is 5.73 Å². The summed E-state index contributed by atoms with van der Waals surface area (Å²) in [6, 6.07) is 5.34. The van der Waals surface area contributed by atoms with E-state index in [1.54, 1.807) is 12.1 Å². The highest BCUT2D eigenvalue weighted by Crippen LogP contribution is 2.38. The van der Waals surface area contributed by atoms with Crippen molar-refractivity contribution in [3.05, 3.63) is 23.2 Å². The Labute approximate surface area is 157 Å². The number of nitrogens with one attached hydrogen (secondary N) is 2. The largest absolute Gasteiger partial charge is 0.354 e.